The number of aromatic nitrogens is 1. The summed E-state index contributed by atoms with van der Waals surface area (Å²) in [5.41, 5.74) is 2.89. The van der Waals surface area contributed by atoms with Crippen molar-refractivity contribution in [2.45, 2.75) is 31.3 Å². The highest BCUT2D eigenvalue weighted by molar-refractivity contribution is 7.18. The second-order valence-corrected chi connectivity index (χ2v) is 8.15. The van der Waals surface area contributed by atoms with Gasteiger partial charge in [0.25, 0.3) is 5.91 Å². The Morgan fingerprint density at radius 1 is 1.27 bits per heavy atom. The number of rotatable bonds is 4. The number of anilines is 1. The molecule has 0 spiro atoms. The van der Waals surface area contributed by atoms with Gasteiger partial charge in [0.05, 0.1) is 9.21 Å². The summed E-state index contributed by atoms with van der Waals surface area (Å²) in [6.45, 7) is 0. The molecular formula is C18H14ClN3O3S. The highest BCUT2D eigenvalue weighted by atomic mass is 35.5. The molecule has 1 unspecified atom stereocenters. The summed E-state index contributed by atoms with van der Waals surface area (Å²) in [5.74, 6) is 1.00. The molecule has 1 fully saturated rings. The predicted molar refractivity (Wildman–Crippen MR) is 100.0 cm³/mol. The Morgan fingerprint density at radius 3 is 2.92 bits per heavy atom. The molecule has 0 radical (unpaired) electrons. The number of carbonyl (C=O) groups excluding carboxylic acids is 1. The Hall–Kier alpha value is -2.38. The van der Waals surface area contributed by atoms with Crippen molar-refractivity contribution in [2.24, 2.45) is 5.16 Å². The number of hydrogen-bond acceptors (Lipinski definition) is 6. The summed E-state index contributed by atoms with van der Waals surface area (Å²) in [7, 11) is 0. The van der Waals surface area contributed by atoms with Gasteiger partial charge < -0.3 is 14.6 Å². The number of oxime groups is 1. The molecule has 5 rings (SSSR count). The number of halogens is 1. The molecule has 1 aromatic carbocycles. The van der Waals surface area contributed by atoms with Gasteiger partial charge in [-0.15, -0.1) is 11.3 Å². The molecule has 3 heterocycles. The summed E-state index contributed by atoms with van der Waals surface area (Å²) >= 11 is 7.37. The molecule has 1 saturated carbocycles. The van der Waals surface area contributed by atoms with Crippen LogP contribution in [-0.2, 0) is 9.63 Å². The first kappa shape index (κ1) is 15.8. The van der Waals surface area contributed by atoms with Crippen molar-refractivity contribution in [1.82, 2.24) is 4.98 Å². The lowest BCUT2D eigenvalue weighted by molar-refractivity contribution is -0.125. The first-order chi connectivity index (χ1) is 12.7. The lowest BCUT2D eigenvalue weighted by Gasteiger charge is -2.09. The van der Waals surface area contributed by atoms with Crippen molar-refractivity contribution >= 4 is 51.3 Å². The van der Waals surface area contributed by atoms with Crippen molar-refractivity contribution in [2.75, 3.05) is 5.32 Å². The van der Waals surface area contributed by atoms with E-state index in [2.05, 4.69) is 15.5 Å². The number of oxazole rings is 1. The number of thiophene rings is 1. The van der Waals surface area contributed by atoms with E-state index >= 15 is 0 Å². The van der Waals surface area contributed by atoms with E-state index < -0.39 is 6.10 Å². The zero-order valence-corrected chi connectivity index (χ0v) is 15.1. The standard InChI is InChI=1S/C18H14ClN3O3S/c19-16-6-5-15(26-16)12-8-14(25-22-12)17(23)20-10-3-4-13-11(7-10)21-18(24-13)9-1-2-9/h3-7,9,14H,1-2,8H2,(H,20,23). The van der Waals surface area contributed by atoms with Crippen LogP contribution in [-0.4, -0.2) is 22.7 Å². The SMILES string of the molecule is O=C(Nc1ccc2oc(C3CC3)nc2c1)C1CC(c2ccc(Cl)s2)=NO1. The van der Waals surface area contributed by atoms with Gasteiger partial charge in [-0.05, 0) is 43.2 Å². The van der Waals surface area contributed by atoms with Crippen LogP contribution in [0, 0.1) is 0 Å². The Balaban J connectivity index is 1.27. The maximum absolute atomic E-state index is 12.5. The summed E-state index contributed by atoms with van der Waals surface area (Å²) in [5, 5.41) is 6.89. The molecule has 0 saturated heterocycles. The Labute approximate surface area is 157 Å². The maximum Gasteiger partial charge on any atom is 0.268 e. The van der Waals surface area contributed by atoms with Gasteiger partial charge in [0.1, 0.15) is 11.2 Å². The first-order valence-electron chi connectivity index (χ1n) is 8.35. The smallest absolute Gasteiger partial charge is 0.268 e. The molecule has 26 heavy (non-hydrogen) atoms. The topological polar surface area (TPSA) is 76.7 Å². The minimum atomic E-state index is -0.652. The summed E-state index contributed by atoms with van der Waals surface area (Å²) in [6, 6.07) is 9.14. The fraction of sp³-hybridized carbons (Fsp3) is 0.278. The van der Waals surface area contributed by atoms with Crippen molar-refractivity contribution < 1.29 is 14.0 Å². The van der Waals surface area contributed by atoms with E-state index in [0.717, 1.165) is 40.4 Å². The Bertz CT molecular complexity index is 1040. The fourth-order valence-electron chi connectivity index (χ4n) is 2.88. The molecule has 2 aromatic heterocycles. The average molecular weight is 388 g/mol. The van der Waals surface area contributed by atoms with Crippen molar-refractivity contribution in [1.29, 1.82) is 0 Å². The van der Waals surface area contributed by atoms with Gasteiger partial charge in [0, 0.05) is 18.0 Å². The van der Waals surface area contributed by atoms with Crippen LogP contribution in [0.5, 0.6) is 0 Å². The second kappa shape index (κ2) is 6.10. The summed E-state index contributed by atoms with van der Waals surface area (Å²) < 4.78 is 6.42. The van der Waals surface area contributed by atoms with E-state index in [4.69, 9.17) is 20.9 Å². The molecule has 3 aromatic rings. The van der Waals surface area contributed by atoms with E-state index in [1.807, 2.05) is 18.2 Å². The zero-order chi connectivity index (χ0) is 17.7. The molecule has 1 aliphatic heterocycles. The van der Waals surface area contributed by atoms with E-state index in [9.17, 15) is 4.79 Å². The van der Waals surface area contributed by atoms with Crippen LogP contribution in [0.15, 0.2) is 39.9 Å². The molecule has 1 N–H and O–H groups in total. The first-order valence-corrected chi connectivity index (χ1v) is 9.55. The maximum atomic E-state index is 12.5. The zero-order valence-electron chi connectivity index (χ0n) is 13.6. The van der Waals surface area contributed by atoms with Crippen LogP contribution in [0.3, 0.4) is 0 Å². The monoisotopic (exact) mass is 387 g/mol. The van der Waals surface area contributed by atoms with Gasteiger partial charge in [-0.1, -0.05) is 16.8 Å². The Kier molecular flexibility index (Phi) is 3.72. The van der Waals surface area contributed by atoms with Crippen LogP contribution < -0.4 is 5.32 Å². The number of fused-ring (bicyclic) bond motifs is 1. The molecule has 1 atom stereocenters. The number of nitrogens with one attached hydrogen (secondary N) is 1. The predicted octanol–water partition coefficient (Wildman–Crippen LogP) is 4.55. The minimum Gasteiger partial charge on any atom is -0.440 e. The van der Waals surface area contributed by atoms with E-state index in [1.165, 1.54) is 11.3 Å². The van der Waals surface area contributed by atoms with Crippen LogP contribution in [0.1, 0.15) is 35.9 Å². The van der Waals surface area contributed by atoms with Crippen molar-refractivity contribution in [3.8, 4) is 0 Å². The molecule has 1 aliphatic carbocycles. The minimum absolute atomic E-state index is 0.239. The lowest BCUT2D eigenvalue weighted by atomic mass is 10.1. The molecule has 0 bridgehead atoms. The number of carbonyl (C=O) groups is 1. The molecule has 8 heteroatoms. The largest absolute Gasteiger partial charge is 0.440 e. The van der Waals surface area contributed by atoms with Gasteiger partial charge in [-0.2, -0.15) is 0 Å². The summed E-state index contributed by atoms with van der Waals surface area (Å²) in [6.07, 6.45) is 2.03. The fourth-order valence-corrected chi connectivity index (χ4v) is 3.92. The molecular weight excluding hydrogens is 374 g/mol. The third-order valence-electron chi connectivity index (χ3n) is 4.42. The van der Waals surface area contributed by atoms with Crippen molar-refractivity contribution in [3.05, 3.63) is 45.4 Å². The highest BCUT2D eigenvalue weighted by Crippen LogP contribution is 2.40. The number of amides is 1. The van der Waals surface area contributed by atoms with E-state index in [-0.39, 0.29) is 5.91 Å². The van der Waals surface area contributed by atoms with Gasteiger partial charge in [0.2, 0.25) is 6.10 Å². The lowest BCUT2D eigenvalue weighted by Crippen LogP contribution is -2.27. The Morgan fingerprint density at radius 2 is 2.15 bits per heavy atom. The molecule has 132 valence electrons. The van der Waals surface area contributed by atoms with Gasteiger partial charge >= 0.3 is 0 Å². The van der Waals surface area contributed by atoms with Crippen molar-refractivity contribution in [3.63, 3.8) is 0 Å². The molecule has 2 aliphatic rings. The quantitative estimate of drug-likeness (QED) is 0.712. The summed E-state index contributed by atoms with van der Waals surface area (Å²) in [4.78, 5) is 23.2. The number of benzene rings is 1. The van der Waals surface area contributed by atoms with Crippen LogP contribution in [0.4, 0.5) is 5.69 Å². The van der Waals surface area contributed by atoms with Crippen LogP contribution in [0.25, 0.3) is 11.1 Å². The average Bonchev–Trinajstić information content (AvgIpc) is 3.04. The van der Waals surface area contributed by atoms with Gasteiger partial charge in [-0.3, -0.25) is 4.79 Å². The molecule has 6 nitrogen and oxygen atoms in total. The van der Waals surface area contributed by atoms with Crippen LogP contribution in [0.2, 0.25) is 4.34 Å². The highest BCUT2D eigenvalue weighted by Gasteiger charge is 2.30. The third-order valence-corrected chi connectivity index (χ3v) is 5.70. The normalized spacial score (nSPS) is 19.4. The number of hydrogen-bond donors (Lipinski definition) is 1. The molecule has 1 amide bonds. The van der Waals surface area contributed by atoms with E-state index in [1.54, 1.807) is 12.1 Å². The van der Waals surface area contributed by atoms with Crippen LogP contribution >= 0.6 is 22.9 Å². The van der Waals surface area contributed by atoms with Gasteiger partial charge in [0.15, 0.2) is 11.5 Å². The van der Waals surface area contributed by atoms with Gasteiger partial charge in [-0.25, -0.2) is 4.98 Å². The van der Waals surface area contributed by atoms with E-state index in [0.29, 0.717) is 22.4 Å². The third kappa shape index (κ3) is 2.97. The number of nitrogens with zero attached hydrogens (tertiary/aromatic N) is 2. The second-order valence-electron chi connectivity index (χ2n) is 6.44.